The molecule has 3 rings (SSSR count). The third kappa shape index (κ3) is 2.66. The summed E-state index contributed by atoms with van der Waals surface area (Å²) in [5.74, 6) is -1.32. The lowest BCUT2D eigenvalue weighted by Gasteiger charge is -2.02. The zero-order chi connectivity index (χ0) is 15.7. The van der Waals surface area contributed by atoms with Crippen LogP contribution >= 0.6 is 11.3 Å². The standard InChI is InChI=1S/C15H11N3O3S/c1-8(19)16-15-18-13-12(22-15)10(14(20)21)7-11(17-13)9-5-3-2-4-6-9/h2-7H,1H3,(H,20,21)(H,16,17,18,19). The second-order valence-electron chi connectivity index (χ2n) is 4.58. The van der Waals surface area contributed by atoms with E-state index in [9.17, 15) is 14.7 Å². The molecule has 3 aromatic rings. The Morgan fingerprint density at radius 2 is 1.91 bits per heavy atom. The molecule has 0 aliphatic heterocycles. The van der Waals surface area contributed by atoms with E-state index in [1.54, 1.807) is 0 Å². The van der Waals surface area contributed by atoms with Gasteiger partial charge in [-0.1, -0.05) is 41.7 Å². The molecular formula is C15H11N3O3S. The molecule has 2 N–H and O–H groups in total. The van der Waals surface area contributed by atoms with E-state index >= 15 is 0 Å². The number of carbonyl (C=O) groups excluding carboxylic acids is 1. The number of fused-ring (bicyclic) bond motifs is 1. The number of hydrogen-bond donors (Lipinski definition) is 2. The highest BCUT2D eigenvalue weighted by atomic mass is 32.1. The number of anilines is 1. The fourth-order valence-electron chi connectivity index (χ4n) is 2.03. The van der Waals surface area contributed by atoms with Crippen molar-refractivity contribution in [2.45, 2.75) is 6.92 Å². The summed E-state index contributed by atoms with van der Waals surface area (Å²) in [4.78, 5) is 31.2. The highest BCUT2D eigenvalue weighted by molar-refractivity contribution is 7.22. The Morgan fingerprint density at radius 1 is 1.18 bits per heavy atom. The Morgan fingerprint density at radius 3 is 2.55 bits per heavy atom. The zero-order valence-electron chi connectivity index (χ0n) is 11.5. The van der Waals surface area contributed by atoms with E-state index in [1.165, 1.54) is 13.0 Å². The highest BCUT2D eigenvalue weighted by Gasteiger charge is 2.17. The van der Waals surface area contributed by atoms with Crippen LogP contribution in [0.1, 0.15) is 17.3 Å². The summed E-state index contributed by atoms with van der Waals surface area (Å²) in [6.07, 6.45) is 0. The van der Waals surface area contributed by atoms with Crippen molar-refractivity contribution < 1.29 is 14.7 Å². The Hall–Kier alpha value is -2.80. The average molecular weight is 313 g/mol. The topological polar surface area (TPSA) is 92.2 Å². The minimum atomic E-state index is -1.05. The summed E-state index contributed by atoms with van der Waals surface area (Å²) in [6, 6.07) is 10.8. The molecule has 110 valence electrons. The first kappa shape index (κ1) is 14.2. The third-order valence-electron chi connectivity index (χ3n) is 2.94. The number of aromatic nitrogens is 2. The van der Waals surface area contributed by atoms with Gasteiger partial charge in [0.05, 0.1) is 16.0 Å². The molecule has 0 fully saturated rings. The van der Waals surface area contributed by atoms with Crippen LogP contribution in [0.3, 0.4) is 0 Å². The van der Waals surface area contributed by atoms with E-state index in [0.717, 1.165) is 16.9 Å². The number of carbonyl (C=O) groups is 2. The molecular weight excluding hydrogens is 302 g/mol. The number of carboxylic acids is 1. The van der Waals surface area contributed by atoms with Gasteiger partial charge in [0.25, 0.3) is 0 Å². The number of amides is 1. The number of thiazole rings is 1. The Bertz CT molecular complexity index is 874. The molecule has 0 bridgehead atoms. The van der Waals surface area contributed by atoms with E-state index < -0.39 is 5.97 Å². The monoisotopic (exact) mass is 313 g/mol. The largest absolute Gasteiger partial charge is 0.478 e. The van der Waals surface area contributed by atoms with Crippen molar-refractivity contribution >= 4 is 38.7 Å². The van der Waals surface area contributed by atoms with Crippen molar-refractivity contribution in [2.24, 2.45) is 0 Å². The summed E-state index contributed by atoms with van der Waals surface area (Å²) in [7, 11) is 0. The second-order valence-corrected chi connectivity index (χ2v) is 5.58. The second kappa shape index (κ2) is 5.53. The lowest BCUT2D eigenvalue weighted by Crippen LogP contribution is -2.04. The number of hydrogen-bond acceptors (Lipinski definition) is 5. The van der Waals surface area contributed by atoms with Crippen molar-refractivity contribution in [2.75, 3.05) is 5.32 Å². The highest BCUT2D eigenvalue weighted by Crippen LogP contribution is 2.31. The lowest BCUT2D eigenvalue weighted by molar-refractivity contribution is -0.114. The van der Waals surface area contributed by atoms with Gasteiger partial charge in [-0.15, -0.1) is 0 Å². The molecule has 0 saturated heterocycles. The van der Waals surface area contributed by atoms with Crippen molar-refractivity contribution in [1.82, 2.24) is 9.97 Å². The zero-order valence-corrected chi connectivity index (χ0v) is 12.3. The van der Waals surface area contributed by atoms with Crippen molar-refractivity contribution in [3.63, 3.8) is 0 Å². The van der Waals surface area contributed by atoms with Crippen molar-refractivity contribution in [3.8, 4) is 11.3 Å². The van der Waals surface area contributed by atoms with Crippen molar-refractivity contribution in [3.05, 3.63) is 42.0 Å². The van der Waals surface area contributed by atoms with Gasteiger partial charge in [-0.3, -0.25) is 4.79 Å². The van der Waals surface area contributed by atoms with Crippen LogP contribution in [-0.4, -0.2) is 27.0 Å². The van der Waals surface area contributed by atoms with Crippen LogP contribution < -0.4 is 5.32 Å². The number of pyridine rings is 1. The molecule has 0 spiro atoms. The summed E-state index contributed by atoms with van der Waals surface area (Å²) in [5.41, 5.74) is 1.77. The predicted octanol–water partition coefficient (Wildman–Crippen LogP) is 3.01. The first-order valence-corrected chi connectivity index (χ1v) is 7.24. The number of nitrogens with one attached hydrogen (secondary N) is 1. The fraction of sp³-hybridized carbons (Fsp3) is 0.0667. The summed E-state index contributed by atoms with van der Waals surface area (Å²) < 4.78 is 0.441. The van der Waals surface area contributed by atoms with Crippen LogP contribution in [0.2, 0.25) is 0 Å². The minimum Gasteiger partial charge on any atom is -0.478 e. The molecule has 0 aliphatic carbocycles. The quantitative estimate of drug-likeness (QED) is 0.775. The molecule has 0 saturated carbocycles. The van der Waals surface area contributed by atoms with Gasteiger partial charge in [0.2, 0.25) is 5.91 Å². The molecule has 1 aromatic carbocycles. The van der Waals surface area contributed by atoms with Crippen molar-refractivity contribution in [1.29, 1.82) is 0 Å². The molecule has 0 aliphatic rings. The van der Waals surface area contributed by atoms with Gasteiger partial charge in [0, 0.05) is 12.5 Å². The van der Waals surface area contributed by atoms with Gasteiger partial charge in [-0.2, -0.15) is 4.98 Å². The van der Waals surface area contributed by atoms with Gasteiger partial charge >= 0.3 is 5.97 Å². The van der Waals surface area contributed by atoms with Crippen LogP contribution in [-0.2, 0) is 4.79 Å². The number of aromatic carboxylic acids is 1. The first-order valence-electron chi connectivity index (χ1n) is 6.42. The Kier molecular flexibility index (Phi) is 3.56. The fourth-order valence-corrected chi connectivity index (χ4v) is 2.99. The Labute approximate surface area is 129 Å². The van der Waals surface area contributed by atoms with Crippen LogP contribution in [0.15, 0.2) is 36.4 Å². The van der Waals surface area contributed by atoms with E-state index in [2.05, 4.69) is 15.3 Å². The van der Waals surface area contributed by atoms with Crippen LogP contribution in [0.25, 0.3) is 21.6 Å². The number of benzene rings is 1. The molecule has 0 atom stereocenters. The molecule has 22 heavy (non-hydrogen) atoms. The molecule has 6 nitrogen and oxygen atoms in total. The summed E-state index contributed by atoms with van der Waals surface area (Å²) in [5, 5.41) is 12.3. The van der Waals surface area contributed by atoms with Gasteiger partial charge < -0.3 is 10.4 Å². The van der Waals surface area contributed by atoms with E-state index in [1.807, 2.05) is 30.3 Å². The van der Waals surface area contributed by atoms with Gasteiger partial charge in [-0.05, 0) is 6.07 Å². The number of carboxylic acid groups (broad SMARTS) is 1. The van der Waals surface area contributed by atoms with Gasteiger partial charge in [0.15, 0.2) is 10.8 Å². The molecule has 7 heteroatoms. The van der Waals surface area contributed by atoms with E-state index in [4.69, 9.17) is 0 Å². The molecule has 2 heterocycles. The predicted molar refractivity (Wildman–Crippen MR) is 84.1 cm³/mol. The SMILES string of the molecule is CC(=O)Nc1nc2nc(-c3ccccc3)cc(C(=O)O)c2s1. The maximum atomic E-state index is 11.5. The van der Waals surface area contributed by atoms with Crippen LogP contribution in [0, 0.1) is 0 Å². The first-order chi connectivity index (χ1) is 10.5. The number of rotatable bonds is 3. The van der Waals surface area contributed by atoms with Gasteiger partial charge in [-0.25, -0.2) is 9.78 Å². The average Bonchev–Trinajstić information content (AvgIpc) is 2.88. The minimum absolute atomic E-state index is 0.123. The van der Waals surface area contributed by atoms with Gasteiger partial charge in [0.1, 0.15) is 0 Å². The molecule has 1 amide bonds. The summed E-state index contributed by atoms with van der Waals surface area (Å²) >= 11 is 1.10. The lowest BCUT2D eigenvalue weighted by atomic mass is 10.1. The van der Waals surface area contributed by atoms with E-state index in [-0.39, 0.29) is 11.5 Å². The Balaban J connectivity index is 2.20. The van der Waals surface area contributed by atoms with E-state index in [0.29, 0.717) is 21.2 Å². The third-order valence-corrected chi connectivity index (χ3v) is 3.94. The number of nitrogens with zero attached hydrogens (tertiary/aromatic N) is 2. The molecule has 0 unspecified atom stereocenters. The smallest absolute Gasteiger partial charge is 0.337 e. The molecule has 0 radical (unpaired) electrons. The maximum absolute atomic E-state index is 11.5. The maximum Gasteiger partial charge on any atom is 0.337 e. The molecule has 2 aromatic heterocycles. The van der Waals surface area contributed by atoms with Crippen LogP contribution in [0.5, 0.6) is 0 Å². The normalized spacial score (nSPS) is 10.6. The van der Waals surface area contributed by atoms with Crippen LogP contribution in [0.4, 0.5) is 5.13 Å². The summed E-state index contributed by atoms with van der Waals surface area (Å²) in [6.45, 7) is 1.37.